The van der Waals surface area contributed by atoms with Crippen molar-refractivity contribution in [1.82, 2.24) is 4.98 Å². The van der Waals surface area contributed by atoms with Gasteiger partial charge in [0.25, 0.3) is 0 Å². The molecule has 0 spiro atoms. The van der Waals surface area contributed by atoms with Crippen molar-refractivity contribution in [3.8, 4) is 0 Å². The van der Waals surface area contributed by atoms with E-state index in [2.05, 4.69) is 24.0 Å². The number of pyridine rings is 1. The van der Waals surface area contributed by atoms with E-state index < -0.39 is 0 Å². The van der Waals surface area contributed by atoms with Gasteiger partial charge in [0.1, 0.15) is 0 Å². The van der Waals surface area contributed by atoms with Gasteiger partial charge in [-0.05, 0) is 25.0 Å². The molecule has 0 saturated heterocycles. The molecule has 1 nitrogen and oxygen atoms in total. The average Bonchev–Trinajstić information content (AvgIpc) is 2.42. The number of hydrogen-bond acceptors (Lipinski definition) is 1. The summed E-state index contributed by atoms with van der Waals surface area (Å²) in [4.78, 5) is 4.35. The Morgan fingerprint density at radius 1 is 0.789 bits per heavy atom. The van der Waals surface area contributed by atoms with E-state index in [9.17, 15) is 0 Å². The van der Waals surface area contributed by atoms with Crippen LogP contribution in [-0.4, -0.2) is 4.98 Å². The Morgan fingerprint density at radius 3 is 1.89 bits per heavy atom. The average molecular weight is 431 g/mol. The minimum Gasteiger partial charge on any atom is -0.261 e. The Morgan fingerprint density at radius 2 is 1.37 bits per heavy atom. The van der Waals surface area contributed by atoms with Crippen LogP contribution < -0.4 is 0 Å². The van der Waals surface area contributed by atoms with Crippen LogP contribution in [0, 0.1) is 0 Å². The molecule has 108 valence electrons. The molecule has 1 rings (SSSR count). The number of rotatable bonds is 11. The summed E-state index contributed by atoms with van der Waals surface area (Å²) in [6.07, 6.45) is 17.1. The van der Waals surface area contributed by atoms with Gasteiger partial charge < -0.3 is 0 Å². The van der Waals surface area contributed by atoms with Crippen molar-refractivity contribution in [3.63, 3.8) is 0 Å². The van der Waals surface area contributed by atoms with Gasteiger partial charge in [-0.15, -0.1) is 0 Å². The van der Waals surface area contributed by atoms with Crippen molar-refractivity contribution < 1.29 is 21.1 Å². The third kappa shape index (κ3) is 11.4. The Kier molecular flexibility index (Phi) is 14.1. The fraction of sp³-hybridized carbons (Fsp3) is 0.706. The minimum absolute atomic E-state index is 0. The third-order valence-electron chi connectivity index (χ3n) is 3.51. The molecule has 1 aromatic heterocycles. The Hall–Kier alpha value is -0.162. The van der Waals surface area contributed by atoms with E-state index in [4.69, 9.17) is 0 Å². The van der Waals surface area contributed by atoms with Gasteiger partial charge in [0.2, 0.25) is 0 Å². The summed E-state index contributed by atoms with van der Waals surface area (Å²) in [5, 5.41) is 0. The summed E-state index contributed by atoms with van der Waals surface area (Å²) in [5.74, 6) is 0. The molecular weight excluding hydrogens is 402 g/mol. The predicted octanol–water partition coefficient (Wildman–Crippen LogP) is 5.54. The van der Waals surface area contributed by atoms with Crippen LogP contribution in [-0.2, 0) is 27.5 Å². The number of nitrogens with zero attached hydrogens (tertiary/aromatic N) is 1. The Bertz CT molecular complexity index is 274. The zero-order valence-electron chi connectivity index (χ0n) is 12.4. The molecule has 0 amide bonds. The van der Waals surface area contributed by atoms with Gasteiger partial charge >= 0.3 is 0 Å². The molecule has 2 heteroatoms. The SMILES string of the molecule is CCCCCCCCCCCCc1ccccn1.[W]. The molecule has 0 aliphatic heterocycles. The molecule has 1 aromatic rings. The summed E-state index contributed by atoms with van der Waals surface area (Å²) < 4.78 is 0. The van der Waals surface area contributed by atoms with Gasteiger partial charge in [0, 0.05) is 33.0 Å². The van der Waals surface area contributed by atoms with Gasteiger partial charge in [0.15, 0.2) is 0 Å². The van der Waals surface area contributed by atoms with Gasteiger partial charge in [-0.3, -0.25) is 4.98 Å². The number of unbranched alkanes of at least 4 members (excludes halogenated alkanes) is 9. The molecule has 19 heavy (non-hydrogen) atoms. The third-order valence-corrected chi connectivity index (χ3v) is 3.51. The molecule has 0 unspecified atom stereocenters. The number of aromatic nitrogens is 1. The maximum Gasteiger partial charge on any atom is 0.0403 e. The largest absolute Gasteiger partial charge is 0.261 e. The quantitative estimate of drug-likeness (QED) is 0.419. The Labute approximate surface area is 133 Å². The van der Waals surface area contributed by atoms with E-state index in [-0.39, 0.29) is 21.1 Å². The van der Waals surface area contributed by atoms with E-state index in [0.717, 1.165) is 6.42 Å². The van der Waals surface area contributed by atoms with E-state index in [1.807, 2.05) is 12.3 Å². The van der Waals surface area contributed by atoms with Gasteiger partial charge in [-0.1, -0.05) is 70.8 Å². The van der Waals surface area contributed by atoms with E-state index >= 15 is 0 Å². The standard InChI is InChI=1S/C17H29N.W/c1-2-3-4-5-6-7-8-9-10-11-14-17-15-12-13-16-18-17;/h12-13,15-16H,2-11,14H2,1H3;. The zero-order chi connectivity index (χ0) is 12.9. The first-order valence-corrected chi connectivity index (χ1v) is 7.83. The summed E-state index contributed by atoms with van der Waals surface area (Å²) in [6, 6.07) is 6.20. The molecule has 0 aliphatic rings. The van der Waals surface area contributed by atoms with Gasteiger partial charge in [0.05, 0.1) is 0 Å². The van der Waals surface area contributed by atoms with Crippen LogP contribution in [0.4, 0.5) is 0 Å². The summed E-state index contributed by atoms with van der Waals surface area (Å²) in [6.45, 7) is 2.28. The summed E-state index contributed by atoms with van der Waals surface area (Å²) in [5.41, 5.74) is 1.25. The van der Waals surface area contributed by atoms with Crippen molar-refractivity contribution in [3.05, 3.63) is 30.1 Å². The Balaban J connectivity index is 0.00000324. The molecule has 0 atom stereocenters. The van der Waals surface area contributed by atoms with Crippen molar-refractivity contribution >= 4 is 0 Å². The second-order valence-electron chi connectivity index (χ2n) is 5.25. The van der Waals surface area contributed by atoms with Crippen molar-refractivity contribution in [2.75, 3.05) is 0 Å². The smallest absolute Gasteiger partial charge is 0.0403 e. The zero-order valence-corrected chi connectivity index (χ0v) is 15.4. The number of aryl methyl sites for hydroxylation is 1. The second kappa shape index (κ2) is 14.3. The maximum atomic E-state index is 4.35. The summed E-state index contributed by atoms with van der Waals surface area (Å²) in [7, 11) is 0. The van der Waals surface area contributed by atoms with Crippen LogP contribution in [0.1, 0.15) is 76.8 Å². The molecule has 0 fully saturated rings. The van der Waals surface area contributed by atoms with Crippen molar-refractivity contribution in [2.24, 2.45) is 0 Å². The van der Waals surface area contributed by atoms with Crippen LogP contribution in [0.5, 0.6) is 0 Å². The van der Waals surface area contributed by atoms with Crippen molar-refractivity contribution in [2.45, 2.75) is 77.6 Å². The van der Waals surface area contributed by atoms with Crippen LogP contribution >= 0.6 is 0 Å². The van der Waals surface area contributed by atoms with Gasteiger partial charge in [-0.25, -0.2) is 0 Å². The molecule has 0 radical (unpaired) electrons. The predicted molar refractivity (Wildman–Crippen MR) is 79.8 cm³/mol. The first-order valence-electron chi connectivity index (χ1n) is 7.83. The molecular formula is C17H29NW. The molecule has 0 saturated carbocycles. The second-order valence-corrected chi connectivity index (χ2v) is 5.25. The maximum absolute atomic E-state index is 4.35. The molecule has 1 heterocycles. The first kappa shape index (κ1) is 18.8. The van der Waals surface area contributed by atoms with E-state index in [1.165, 1.54) is 69.9 Å². The minimum atomic E-state index is 0. The van der Waals surface area contributed by atoms with E-state index in [0.29, 0.717) is 0 Å². The van der Waals surface area contributed by atoms with Crippen LogP contribution in [0.3, 0.4) is 0 Å². The fourth-order valence-electron chi connectivity index (χ4n) is 2.34. The van der Waals surface area contributed by atoms with E-state index in [1.54, 1.807) is 0 Å². The summed E-state index contributed by atoms with van der Waals surface area (Å²) >= 11 is 0. The topological polar surface area (TPSA) is 12.9 Å². The van der Waals surface area contributed by atoms with Crippen LogP contribution in [0.2, 0.25) is 0 Å². The molecule has 0 bridgehead atoms. The monoisotopic (exact) mass is 431 g/mol. The molecule has 0 N–H and O–H groups in total. The van der Waals surface area contributed by atoms with Crippen LogP contribution in [0.25, 0.3) is 0 Å². The fourth-order valence-corrected chi connectivity index (χ4v) is 2.34. The normalized spacial score (nSPS) is 10.2. The molecule has 0 aliphatic carbocycles. The molecule has 0 aromatic carbocycles. The van der Waals surface area contributed by atoms with Crippen molar-refractivity contribution in [1.29, 1.82) is 0 Å². The first-order chi connectivity index (χ1) is 8.93. The van der Waals surface area contributed by atoms with Gasteiger partial charge in [-0.2, -0.15) is 0 Å². The number of hydrogen-bond donors (Lipinski definition) is 0. The van der Waals surface area contributed by atoms with Crippen LogP contribution in [0.15, 0.2) is 24.4 Å².